The van der Waals surface area contributed by atoms with Crippen molar-refractivity contribution in [1.82, 2.24) is 5.32 Å². The number of aliphatic carboxylic acids is 2. The summed E-state index contributed by atoms with van der Waals surface area (Å²) in [6.45, 7) is 1.10. The Hall–Kier alpha value is -4.02. The summed E-state index contributed by atoms with van der Waals surface area (Å²) in [6, 6.07) is 2.28. The molecule has 4 rings (SSSR count). The maximum absolute atomic E-state index is 12.1. The second-order valence-electron chi connectivity index (χ2n) is 10.9. The number of carboxylic acids is 2. The average molecular weight is 608 g/mol. The first kappa shape index (κ1) is 31.9. The molecule has 1 unspecified atom stereocenters. The normalized spacial score (nSPS) is 29.9. The Morgan fingerprint density at radius 3 is 2.58 bits per heavy atom. The number of fused-ring (bicyclic) bond motifs is 1. The van der Waals surface area contributed by atoms with E-state index in [2.05, 4.69) is 5.32 Å². The molecule has 234 valence electrons. The molecule has 3 aliphatic heterocycles. The molecule has 8 N–H and O–H groups in total. The van der Waals surface area contributed by atoms with Gasteiger partial charge in [-0.2, -0.15) is 4.58 Å². The number of aliphatic hydroxyl groups excluding tert-OH is 3. The highest BCUT2D eigenvalue weighted by Crippen LogP contribution is 2.38. The highest BCUT2D eigenvalue weighted by atomic mass is 16.7. The summed E-state index contributed by atoms with van der Waals surface area (Å²) < 4.78 is 18.1. The molecule has 3 heterocycles. The van der Waals surface area contributed by atoms with Gasteiger partial charge >= 0.3 is 17.9 Å². The molecule has 0 radical (unpaired) electrons. The lowest BCUT2D eigenvalue weighted by atomic mass is 9.98. The van der Waals surface area contributed by atoms with E-state index < -0.39 is 79.7 Å². The number of nitrogens with zero attached hydrogens (tertiary/aromatic N) is 1. The van der Waals surface area contributed by atoms with Crippen molar-refractivity contribution in [1.29, 1.82) is 0 Å². The summed E-state index contributed by atoms with van der Waals surface area (Å²) in [7, 11) is 0. The van der Waals surface area contributed by atoms with Crippen molar-refractivity contribution in [3.8, 4) is 11.5 Å². The largest absolute Gasteiger partial charge is 0.504 e. The van der Waals surface area contributed by atoms with Crippen molar-refractivity contribution >= 4 is 29.8 Å². The summed E-state index contributed by atoms with van der Waals surface area (Å²) in [5.74, 6) is -3.63. The molecule has 1 aromatic rings. The molecule has 43 heavy (non-hydrogen) atoms. The fourth-order valence-corrected chi connectivity index (χ4v) is 4.98. The highest BCUT2D eigenvalue weighted by molar-refractivity contribution is 5.76. The van der Waals surface area contributed by atoms with Gasteiger partial charge in [0.05, 0.1) is 24.5 Å². The Labute approximate surface area is 245 Å². The molecular weight excluding hydrogens is 572 g/mol. The van der Waals surface area contributed by atoms with Gasteiger partial charge in [-0.1, -0.05) is 0 Å². The average Bonchev–Trinajstić information content (AvgIpc) is 3.32. The number of hydrogen-bond acceptors (Lipinski definition) is 12. The van der Waals surface area contributed by atoms with Crippen LogP contribution in [0.25, 0.3) is 0 Å². The van der Waals surface area contributed by atoms with Crippen LogP contribution in [0.15, 0.2) is 36.1 Å². The number of carboxylic acid groups (broad SMARTS) is 2. The molecule has 1 saturated heterocycles. The maximum atomic E-state index is 12.1. The minimum atomic E-state index is -1.88. The van der Waals surface area contributed by atoms with Crippen LogP contribution in [0.4, 0.5) is 5.69 Å². The molecule has 0 amide bonds. The van der Waals surface area contributed by atoms with Gasteiger partial charge in [0.1, 0.15) is 37.1 Å². The Kier molecular flexibility index (Phi) is 9.72. The number of phenolic OH excluding ortho intramolecular Hbond substituents is 1. The number of hydrogen-bond donors (Lipinski definition) is 8. The predicted molar refractivity (Wildman–Crippen MR) is 145 cm³/mol. The summed E-state index contributed by atoms with van der Waals surface area (Å²) in [4.78, 5) is 34.2. The van der Waals surface area contributed by atoms with Crippen LogP contribution in [0, 0.1) is 0 Å². The zero-order valence-corrected chi connectivity index (χ0v) is 23.2. The maximum Gasteiger partial charge on any atom is 0.326 e. The number of phenols is 1. The minimum Gasteiger partial charge on any atom is -0.504 e. The number of ether oxygens (including phenoxy) is 3. The first-order chi connectivity index (χ1) is 20.2. The van der Waals surface area contributed by atoms with Crippen molar-refractivity contribution in [3.05, 3.63) is 41.6 Å². The van der Waals surface area contributed by atoms with E-state index in [4.69, 9.17) is 19.3 Å². The number of carbonyl (C=O) groups is 3. The molecule has 15 heteroatoms. The Bertz CT molecular complexity index is 1340. The van der Waals surface area contributed by atoms with Crippen LogP contribution in [0.1, 0.15) is 31.7 Å². The molecular formula is C28H35N2O13+. The van der Waals surface area contributed by atoms with E-state index in [0.29, 0.717) is 25.1 Å². The van der Waals surface area contributed by atoms with Gasteiger partial charge in [-0.15, -0.1) is 0 Å². The number of aliphatic hydroxyl groups is 4. The number of allylic oxidation sites excluding steroid dienone is 2. The van der Waals surface area contributed by atoms with Crippen LogP contribution in [0.5, 0.6) is 11.5 Å². The van der Waals surface area contributed by atoms with E-state index in [1.165, 1.54) is 6.07 Å². The van der Waals surface area contributed by atoms with E-state index in [9.17, 15) is 45.0 Å². The lowest BCUT2D eigenvalue weighted by Crippen LogP contribution is -2.60. The van der Waals surface area contributed by atoms with Gasteiger partial charge in [-0.3, -0.25) is 9.59 Å². The van der Waals surface area contributed by atoms with Crippen molar-refractivity contribution in [2.24, 2.45) is 0 Å². The van der Waals surface area contributed by atoms with Gasteiger partial charge in [-0.05, 0) is 30.8 Å². The van der Waals surface area contributed by atoms with Gasteiger partial charge in [0.25, 0.3) is 0 Å². The quantitative estimate of drug-likeness (QED) is 0.116. The topological polar surface area (TPSA) is 236 Å². The summed E-state index contributed by atoms with van der Waals surface area (Å²) in [6.07, 6.45) is -1.69. The number of nitrogens with one attached hydrogen (secondary N) is 1. The fourth-order valence-electron chi connectivity index (χ4n) is 4.98. The van der Waals surface area contributed by atoms with Crippen molar-refractivity contribution < 1.29 is 68.9 Å². The van der Waals surface area contributed by atoms with Crippen LogP contribution in [-0.2, 0) is 30.3 Å². The standard InChI is InChI=1S/C28H34N2O13/c1-28(40,11-21(32)33)12-22(34)41-13-20-23(35)24(36)25(37)27(43-20)42-19-9-15-4-7-30(17(15)10-18(19)31)6-3-14-2-5-29-16(8-14)26(38)39/h2-3,5-6,9-10,16,20,23-25,27,35-37,40H,4,7-8,11-13H2,1H3,(H3,31,32,33,38,39)/p+1/t16-,20+,23+,24-,25+,27+,28?/m0/s1. The number of benzene rings is 1. The van der Waals surface area contributed by atoms with Crippen LogP contribution in [0.3, 0.4) is 0 Å². The SMILES string of the molecule is CC(O)(CC(=O)O)CC(=O)OC[C@H]1O[C@@H](Oc2cc3c(cc2O)[N+](=CC=C2C=CN[C@H](C(=O)O)C2)CC3)[C@H](O)[C@@H](O)[C@@H]1O. The van der Waals surface area contributed by atoms with E-state index in [1.54, 1.807) is 30.6 Å². The third-order valence-electron chi connectivity index (χ3n) is 7.27. The number of rotatable bonds is 10. The second-order valence-corrected chi connectivity index (χ2v) is 10.9. The van der Waals surface area contributed by atoms with Gasteiger partial charge in [0.2, 0.25) is 12.0 Å². The summed E-state index contributed by atoms with van der Waals surface area (Å²) in [5, 5.41) is 72.8. The molecule has 1 aromatic carbocycles. The van der Waals surface area contributed by atoms with Gasteiger partial charge in [-0.25, -0.2) is 4.79 Å². The Balaban J connectivity index is 1.42. The molecule has 0 bridgehead atoms. The molecule has 1 fully saturated rings. The van der Waals surface area contributed by atoms with Gasteiger partial charge in [0, 0.05) is 24.5 Å². The van der Waals surface area contributed by atoms with E-state index >= 15 is 0 Å². The monoisotopic (exact) mass is 607 g/mol. The molecule has 15 nitrogen and oxygen atoms in total. The number of aromatic hydroxyl groups is 1. The van der Waals surface area contributed by atoms with Crippen LogP contribution >= 0.6 is 0 Å². The zero-order valence-electron chi connectivity index (χ0n) is 23.2. The van der Waals surface area contributed by atoms with Crippen LogP contribution in [-0.4, -0.2) is 120 Å². The zero-order chi connectivity index (χ0) is 31.5. The molecule has 0 aliphatic carbocycles. The predicted octanol–water partition coefficient (Wildman–Crippen LogP) is -1.10. The molecule has 3 aliphatic rings. The first-order valence-corrected chi connectivity index (χ1v) is 13.5. The second kappa shape index (κ2) is 13.1. The first-order valence-electron chi connectivity index (χ1n) is 13.5. The summed E-state index contributed by atoms with van der Waals surface area (Å²) >= 11 is 0. The number of carbonyl (C=O) groups excluding carboxylic acids is 1. The van der Waals surface area contributed by atoms with Crippen molar-refractivity contribution in [3.63, 3.8) is 0 Å². The Morgan fingerprint density at radius 2 is 1.88 bits per heavy atom. The van der Waals surface area contributed by atoms with Crippen molar-refractivity contribution in [2.45, 2.75) is 75.0 Å². The third-order valence-corrected chi connectivity index (χ3v) is 7.27. The molecule has 0 spiro atoms. The number of esters is 1. The lowest BCUT2D eigenvalue weighted by molar-refractivity contribution is -0.423. The van der Waals surface area contributed by atoms with Gasteiger partial charge in [0.15, 0.2) is 24.3 Å². The Morgan fingerprint density at radius 1 is 1.14 bits per heavy atom. The third kappa shape index (κ3) is 7.88. The van der Waals surface area contributed by atoms with Crippen molar-refractivity contribution in [2.75, 3.05) is 13.2 Å². The van der Waals surface area contributed by atoms with E-state index in [-0.39, 0.29) is 11.5 Å². The van der Waals surface area contributed by atoms with E-state index in [1.807, 2.05) is 4.58 Å². The highest BCUT2D eigenvalue weighted by Gasteiger charge is 2.46. The minimum absolute atomic E-state index is 0.0716. The molecule has 7 atom stereocenters. The van der Waals surface area contributed by atoms with Crippen LogP contribution < -0.4 is 10.1 Å². The fraction of sp³-hybridized carbons (Fsp3) is 0.500. The van der Waals surface area contributed by atoms with Crippen LogP contribution in [0.2, 0.25) is 0 Å². The lowest BCUT2D eigenvalue weighted by Gasteiger charge is -2.40. The van der Waals surface area contributed by atoms with E-state index in [0.717, 1.165) is 18.1 Å². The smallest absolute Gasteiger partial charge is 0.326 e. The summed E-state index contributed by atoms with van der Waals surface area (Å²) in [5.41, 5.74) is 0.397. The van der Waals surface area contributed by atoms with Gasteiger partial charge < -0.3 is 55.3 Å². The molecule has 0 aromatic heterocycles. The molecule has 0 saturated carbocycles.